The van der Waals surface area contributed by atoms with Gasteiger partial charge < -0.3 is 4.74 Å². The van der Waals surface area contributed by atoms with Crippen molar-refractivity contribution in [2.45, 2.75) is 12.5 Å². The van der Waals surface area contributed by atoms with Gasteiger partial charge in [0.15, 0.2) is 0 Å². The standard InChI is InChI=1S/C9H8ClFO/c10-8-2-1-3-9(11)7(8)4-6-5-12-6/h1-3,6H,4-5H2. The maximum absolute atomic E-state index is 13.1. The lowest BCUT2D eigenvalue weighted by atomic mass is 10.1. The molecule has 3 heteroatoms. The Morgan fingerprint density at radius 2 is 2.33 bits per heavy atom. The molecule has 1 aliphatic rings. The molecule has 1 aliphatic heterocycles. The van der Waals surface area contributed by atoms with Gasteiger partial charge >= 0.3 is 0 Å². The molecular weight excluding hydrogens is 179 g/mol. The predicted molar refractivity (Wildman–Crippen MR) is 44.9 cm³/mol. The summed E-state index contributed by atoms with van der Waals surface area (Å²) in [7, 11) is 0. The van der Waals surface area contributed by atoms with E-state index in [1.54, 1.807) is 12.1 Å². The van der Waals surface area contributed by atoms with Crippen molar-refractivity contribution in [1.29, 1.82) is 0 Å². The molecular formula is C9H8ClFO. The molecule has 0 saturated carbocycles. The third-order valence-electron chi connectivity index (χ3n) is 1.90. The van der Waals surface area contributed by atoms with Crippen molar-refractivity contribution in [3.05, 3.63) is 34.6 Å². The number of ether oxygens (including phenoxy) is 1. The minimum atomic E-state index is -0.238. The Morgan fingerprint density at radius 1 is 1.58 bits per heavy atom. The lowest BCUT2D eigenvalue weighted by Gasteiger charge is -2.02. The molecule has 2 rings (SSSR count). The molecule has 1 unspecified atom stereocenters. The molecule has 1 heterocycles. The van der Waals surface area contributed by atoms with Crippen molar-refractivity contribution in [3.8, 4) is 0 Å². The summed E-state index contributed by atoms with van der Waals surface area (Å²) in [6, 6.07) is 4.72. The number of hydrogen-bond acceptors (Lipinski definition) is 1. The molecule has 0 spiro atoms. The highest BCUT2D eigenvalue weighted by Crippen LogP contribution is 2.24. The van der Waals surface area contributed by atoms with Crippen LogP contribution < -0.4 is 0 Å². The number of halogens is 2. The van der Waals surface area contributed by atoms with E-state index >= 15 is 0 Å². The number of epoxide rings is 1. The van der Waals surface area contributed by atoms with Gasteiger partial charge in [0.25, 0.3) is 0 Å². The largest absolute Gasteiger partial charge is 0.373 e. The van der Waals surface area contributed by atoms with E-state index in [1.165, 1.54) is 6.07 Å². The molecule has 0 N–H and O–H groups in total. The molecule has 0 aromatic heterocycles. The Kier molecular flexibility index (Phi) is 2.03. The SMILES string of the molecule is Fc1cccc(Cl)c1CC1CO1. The van der Waals surface area contributed by atoms with E-state index in [0.717, 1.165) is 6.61 Å². The maximum atomic E-state index is 13.1. The average Bonchev–Trinajstić information content (AvgIpc) is 2.80. The fraction of sp³-hybridized carbons (Fsp3) is 0.333. The van der Waals surface area contributed by atoms with E-state index in [-0.39, 0.29) is 11.9 Å². The van der Waals surface area contributed by atoms with Crippen LogP contribution in [0.3, 0.4) is 0 Å². The average molecular weight is 187 g/mol. The summed E-state index contributed by atoms with van der Waals surface area (Å²) in [5.41, 5.74) is 0.571. The zero-order valence-corrected chi connectivity index (χ0v) is 7.14. The number of benzene rings is 1. The first-order chi connectivity index (χ1) is 5.77. The second-order valence-electron chi connectivity index (χ2n) is 2.86. The fourth-order valence-corrected chi connectivity index (χ4v) is 1.38. The van der Waals surface area contributed by atoms with E-state index in [2.05, 4.69) is 0 Å². The summed E-state index contributed by atoms with van der Waals surface area (Å²) in [6.45, 7) is 0.727. The first-order valence-corrected chi connectivity index (χ1v) is 4.19. The minimum Gasteiger partial charge on any atom is -0.373 e. The van der Waals surface area contributed by atoms with Gasteiger partial charge in [-0.15, -0.1) is 0 Å². The van der Waals surface area contributed by atoms with E-state index in [4.69, 9.17) is 16.3 Å². The molecule has 0 amide bonds. The molecule has 1 saturated heterocycles. The van der Waals surface area contributed by atoms with Crippen molar-refractivity contribution in [2.75, 3.05) is 6.61 Å². The highest BCUT2D eigenvalue weighted by atomic mass is 35.5. The van der Waals surface area contributed by atoms with Crippen LogP contribution in [0.4, 0.5) is 4.39 Å². The molecule has 1 aromatic rings. The molecule has 0 bridgehead atoms. The Labute approximate surface area is 75.1 Å². The first-order valence-electron chi connectivity index (χ1n) is 3.82. The van der Waals surface area contributed by atoms with Gasteiger partial charge in [-0.25, -0.2) is 4.39 Å². The maximum Gasteiger partial charge on any atom is 0.127 e. The normalized spacial score (nSPS) is 21.0. The first kappa shape index (κ1) is 8.02. The molecule has 0 aliphatic carbocycles. The van der Waals surface area contributed by atoms with Crippen molar-refractivity contribution in [2.24, 2.45) is 0 Å². The van der Waals surface area contributed by atoms with Crippen LogP contribution in [0.25, 0.3) is 0 Å². The van der Waals surface area contributed by atoms with Crippen LogP contribution >= 0.6 is 11.6 Å². The topological polar surface area (TPSA) is 12.5 Å². The van der Waals surface area contributed by atoms with E-state index in [9.17, 15) is 4.39 Å². The predicted octanol–water partition coefficient (Wildman–Crippen LogP) is 2.42. The van der Waals surface area contributed by atoms with Gasteiger partial charge in [0.2, 0.25) is 0 Å². The van der Waals surface area contributed by atoms with Crippen LogP contribution in [-0.4, -0.2) is 12.7 Å². The van der Waals surface area contributed by atoms with Gasteiger partial charge in [-0.3, -0.25) is 0 Å². The Hall–Kier alpha value is -0.600. The molecule has 0 radical (unpaired) electrons. The van der Waals surface area contributed by atoms with Gasteiger partial charge in [0, 0.05) is 17.0 Å². The van der Waals surface area contributed by atoms with Crippen LogP contribution in [0.15, 0.2) is 18.2 Å². The van der Waals surface area contributed by atoms with E-state index < -0.39 is 0 Å². The lowest BCUT2D eigenvalue weighted by Crippen LogP contribution is -1.97. The zero-order chi connectivity index (χ0) is 8.55. The highest BCUT2D eigenvalue weighted by molar-refractivity contribution is 6.31. The van der Waals surface area contributed by atoms with Gasteiger partial charge in [0.05, 0.1) is 12.7 Å². The van der Waals surface area contributed by atoms with Gasteiger partial charge in [0.1, 0.15) is 5.82 Å². The second-order valence-corrected chi connectivity index (χ2v) is 3.27. The van der Waals surface area contributed by atoms with Crippen LogP contribution in [0.2, 0.25) is 5.02 Å². The second kappa shape index (κ2) is 3.04. The molecule has 1 fully saturated rings. The smallest absolute Gasteiger partial charge is 0.127 e. The van der Waals surface area contributed by atoms with Crippen molar-refractivity contribution in [1.82, 2.24) is 0 Å². The number of rotatable bonds is 2. The van der Waals surface area contributed by atoms with Crippen LogP contribution in [0.1, 0.15) is 5.56 Å². The van der Waals surface area contributed by atoms with Crippen molar-refractivity contribution >= 4 is 11.6 Å². The molecule has 12 heavy (non-hydrogen) atoms. The monoisotopic (exact) mass is 186 g/mol. The fourth-order valence-electron chi connectivity index (χ4n) is 1.14. The number of hydrogen-bond donors (Lipinski definition) is 0. The van der Waals surface area contributed by atoms with Gasteiger partial charge in [-0.05, 0) is 12.1 Å². The summed E-state index contributed by atoms with van der Waals surface area (Å²) < 4.78 is 18.1. The summed E-state index contributed by atoms with van der Waals surface area (Å²) in [4.78, 5) is 0. The Balaban J connectivity index is 2.26. The summed E-state index contributed by atoms with van der Waals surface area (Å²) >= 11 is 5.81. The van der Waals surface area contributed by atoms with Crippen LogP contribution in [0, 0.1) is 5.82 Å². The van der Waals surface area contributed by atoms with Gasteiger partial charge in [-0.2, -0.15) is 0 Å². The Bertz CT molecular complexity index is 276. The Morgan fingerprint density at radius 3 is 2.92 bits per heavy atom. The highest BCUT2D eigenvalue weighted by Gasteiger charge is 2.25. The van der Waals surface area contributed by atoms with Crippen LogP contribution in [0.5, 0.6) is 0 Å². The quantitative estimate of drug-likeness (QED) is 0.647. The van der Waals surface area contributed by atoms with Crippen molar-refractivity contribution < 1.29 is 9.13 Å². The van der Waals surface area contributed by atoms with Gasteiger partial charge in [-0.1, -0.05) is 17.7 Å². The summed E-state index contributed by atoms with van der Waals surface area (Å²) in [5, 5.41) is 0.491. The molecule has 64 valence electrons. The van der Waals surface area contributed by atoms with Crippen LogP contribution in [-0.2, 0) is 11.2 Å². The molecule has 1 nitrogen and oxygen atoms in total. The third kappa shape index (κ3) is 1.59. The third-order valence-corrected chi connectivity index (χ3v) is 2.25. The molecule has 1 aromatic carbocycles. The summed E-state index contributed by atoms with van der Waals surface area (Å²) in [6.07, 6.45) is 0.769. The van der Waals surface area contributed by atoms with Crippen molar-refractivity contribution in [3.63, 3.8) is 0 Å². The summed E-state index contributed by atoms with van der Waals surface area (Å²) in [5.74, 6) is -0.238. The van der Waals surface area contributed by atoms with E-state index in [1.807, 2.05) is 0 Å². The van der Waals surface area contributed by atoms with E-state index in [0.29, 0.717) is 17.0 Å². The molecule has 1 atom stereocenters. The zero-order valence-electron chi connectivity index (χ0n) is 6.39. The minimum absolute atomic E-state index is 0.180. The lowest BCUT2D eigenvalue weighted by molar-refractivity contribution is 0.405.